The smallest absolute Gasteiger partial charge is 0.185 e. The van der Waals surface area contributed by atoms with Gasteiger partial charge in [0.2, 0.25) is 0 Å². The third-order valence-corrected chi connectivity index (χ3v) is 1.35. The van der Waals surface area contributed by atoms with E-state index in [1.165, 1.54) is 6.07 Å². The topological polar surface area (TPSA) is 32.9 Å². The van der Waals surface area contributed by atoms with Gasteiger partial charge in [0.25, 0.3) is 0 Å². The fourth-order valence-electron chi connectivity index (χ4n) is 0.677. The SMILES string of the molecule is C=Cc1cc(=O)c(C)c[nH]1. The van der Waals surface area contributed by atoms with Crippen molar-refractivity contribution in [2.75, 3.05) is 0 Å². The summed E-state index contributed by atoms with van der Waals surface area (Å²) in [4.78, 5) is 13.8. The molecule has 0 spiro atoms. The molecule has 0 bridgehead atoms. The van der Waals surface area contributed by atoms with Gasteiger partial charge in [-0.1, -0.05) is 6.58 Å². The summed E-state index contributed by atoms with van der Waals surface area (Å²) in [6, 6.07) is 1.53. The van der Waals surface area contributed by atoms with Gasteiger partial charge in [-0.3, -0.25) is 4.79 Å². The molecule has 0 aromatic carbocycles. The molecule has 0 radical (unpaired) electrons. The summed E-state index contributed by atoms with van der Waals surface area (Å²) in [7, 11) is 0. The molecule has 1 aromatic rings. The number of aryl methyl sites for hydroxylation is 1. The van der Waals surface area contributed by atoms with Crippen molar-refractivity contribution in [3.05, 3.63) is 40.3 Å². The van der Waals surface area contributed by atoms with Crippen LogP contribution in [0.4, 0.5) is 0 Å². The van der Waals surface area contributed by atoms with Gasteiger partial charge in [0.1, 0.15) is 0 Å². The van der Waals surface area contributed by atoms with Crippen LogP contribution in [0.1, 0.15) is 11.3 Å². The minimum Gasteiger partial charge on any atom is -0.361 e. The van der Waals surface area contributed by atoms with E-state index in [4.69, 9.17) is 0 Å². The van der Waals surface area contributed by atoms with E-state index in [1.54, 1.807) is 19.2 Å². The third-order valence-electron chi connectivity index (χ3n) is 1.35. The van der Waals surface area contributed by atoms with Crippen molar-refractivity contribution >= 4 is 6.08 Å². The Balaban J connectivity index is 3.30. The monoisotopic (exact) mass is 135 g/mol. The number of hydrogen-bond acceptors (Lipinski definition) is 1. The van der Waals surface area contributed by atoms with E-state index < -0.39 is 0 Å². The fraction of sp³-hybridized carbons (Fsp3) is 0.125. The lowest BCUT2D eigenvalue weighted by Crippen LogP contribution is -2.04. The summed E-state index contributed by atoms with van der Waals surface area (Å²) in [6.07, 6.45) is 3.29. The zero-order chi connectivity index (χ0) is 7.56. The highest BCUT2D eigenvalue weighted by atomic mass is 16.1. The Kier molecular flexibility index (Phi) is 1.71. The maximum absolute atomic E-state index is 10.9. The second-order valence-electron chi connectivity index (χ2n) is 2.14. The van der Waals surface area contributed by atoms with Crippen LogP contribution in [0.3, 0.4) is 0 Å². The summed E-state index contributed by atoms with van der Waals surface area (Å²) in [5.41, 5.74) is 1.54. The number of rotatable bonds is 1. The molecule has 0 saturated heterocycles. The van der Waals surface area contributed by atoms with E-state index in [0.29, 0.717) is 0 Å². The van der Waals surface area contributed by atoms with Crippen LogP contribution >= 0.6 is 0 Å². The average Bonchev–Trinajstić information content (AvgIpc) is 1.95. The molecule has 0 atom stereocenters. The number of aromatic amines is 1. The van der Waals surface area contributed by atoms with Crippen molar-refractivity contribution in [3.8, 4) is 0 Å². The van der Waals surface area contributed by atoms with Gasteiger partial charge in [0, 0.05) is 23.5 Å². The van der Waals surface area contributed by atoms with E-state index in [0.717, 1.165) is 11.3 Å². The highest BCUT2D eigenvalue weighted by Gasteiger charge is 1.90. The summed E-state index contributed by atoms with van der Waals surface area (Å²) >= 11 is 0. The molecule has 0 aliphatic rings. The molecule has 52 valence electrons. The zero-order valence-corrected chi connectivity index (χ0v) is 5.85. The maximum Gasteiger partial charge on any atom is 0.185 e. The zero-order valence-electron chi connectivity index (χ0n) is 5.85. The van der Waals surface area contributed by atoms with Gasteiger partial charge >= 0.3 is 0 Å². The first-order chi connectivity index (χ1) is 4.74. The molecular weight excluding hydrogens is 126 g/mol. The fourth-order valence-corrected chi connectivity index (χ4v) is 0.677. The van der Waals surface area contributed by atoms with Crippen molar-refractivity contribution in [2.45, 2.75) is 6.92 Å². The van der Waals surface area contributed by atoms with Crippen molar-refractivity contribution in [1.29, 1.82) is 0 Å². The largest absolute Gasteiger partial charge is 0.361 e. The average molecular weight is 135 g/mol. The Hall–Kier alpha value is -1.31. The van der Waals surface area contributed by atoms with E-state index in [2.05, 4.69) is 11.6 Å². The molecule has 0 saturated carbocycles. The van der Waals surface area contributed by atoms with Gasteiger partial charge < -0.3 is 4.98 Å². The minimum atomic E-state index is 0.0497. The first-order valence-electron chi connectivity index (χ1n) is 3.06. The molecule has 2 nitrogen and oxygen atoms in total. The lowest BCUT2D eigenvalue weighted by atomic mass is 10.2. The Labute approximate surface area is 59.2 Å². The lowest BCUT2D eigenvalue weighted by molar-refractivity contribution is 1.21. The Morgan fingerprint density at radius 3 is 2.90 bits per heavy atom. The Morgan fingerprint density at radius 2 is 2.40 bits per heavy atom. The highest BCUT2D eigenvalue weighted by Crippen LogP contribution is 1.92. The van der Waals surface area contributed by atoms with Crippen LogP contribution in [0.15, 0.2) is 23.6 Å². The van der Waals surface area contributed by atoms with Crippen LogP contribution in [0, 0.1) is 6.92 Å². The number of nitrogens with one attached hydrogen (secondary N) is 1. The molecule has 0 aliphatic carbocycles. The van der Waals surface area contributed by atoms with Crippen molar-refractivity contribution in [2.24, 2.45) is 0 Å². The molecule has 0 aliphatic heterocycles. The molecule has 1 aromatic heterocycles. The van der Waals surface area contributed by atoms with Gasteiger partial charge in [0.05, 0.1) is 0 Å². The molecular formula is C8H9NO. The van der Waals surface area contributed by atoms with Crippen LogP contribution < -0.4 is 5.43 Å². The summed E-state index contributed by atoms with van der Waals surface area (Å²) < 4.78 is 0. The van der Waals surface area contributed by atoms with Crippen molar-refractivity contribution in [3.63, 3.8) is 0 Å². The van der Waals surface area contributed by atoms with E-state index in [-0.39, 0.29) is 5.43 Å². The molecule has 1 rings (SSSR count). The second kappa shape index (κ2) is 2.52. The minimum absolute atomic E-state index is 0.0497. The summed E-state index contributed by atoms with van der Waals surface area (Å²) in [6.45, 7) is 5.30. The molecule has 10 heavy (non-hydrogen) atoms. The molecule has 0 amide bonds. The lowest BCUT2D eigenvalue weighted by Gasteiger charge is -1.92. The number of aromatic nitrogens is 1. The van der Waals surface area contributed by atoms with Crippen molar-refractivity contribution < 1.29 is 0 Å². The number of hydrogen-bond donors (Lipinski definition) is 1. The van der Waals surface area contributed by atoms with E-state index >= 15 is 0 Å². The highest BCUT2D eigenvalue weighted by molar-refractivity contribution is 5.41. The first-order valence-corrected chi connectivity index (χ1v) is 3.06. The molecule has 0 unspecified atom stereocenters. The second-order valence-corrected chi connectivity index (χ2v) is 2.14. The van der Waals surface area contributed by atoms with Crippen LogP contribution in [0.25, 0.3) is 6.08 Å². The van der Waals surface area contributed by atoms with Gasteiger partial charge in [-0.2, -0.15) is 0 Å². The van der Waals surface area contributed by atoms with E-state index in [9.17, 15) is 4.79 Å². The first kappa shape index (κ1) is 6.81. The number of pyridine rings is 1. The van der Waals surface area contributed by atoms with Crippen LogP contribution in [0.5, 0.6) is 0 Å². The van der Waals surface area contributed by atoms with Gasteiger partial charge in [-0.05, 0) is 13.0 Å². The quantitative estimate of drug-likeness (QED) is 0.619. The number of H-pyrrole nitrogens is 1. The predicted octanol–water partition coefficient (Wildman–Crippen LogP) is 1.33. The van der Waals surface area contributed by atoms with E-state index in [1.807, 2.05) is 0 Å². The van der Waals surface area contributed by atoms with Gasteiger partial charge in [0.15, 0.2) is 5.43 Å². The Bertz CT molecular complexity index is 298. The molecule has 2 heteroatoms. The summed E-state index contributed by atoms with van der Waals surface area (Å²) in [5.74, 6) is 0. The van der Waals surface area contributed by atoms with Gasteiger partial charge in [-0.25, -0.2) is 0 Å². The normalized spacial score (nSPS) is 9.30. The standard InChI is InChI=1S/C8H9NO/c1-3-7-4-8(10)6(2)5-9-7/h3-5H,1H2,2H3,(H,9,10). The van der Waals surface area contributed by atoms with Crippen LogP contribution in [0.2, 0.25) is 0 Å². The third kappa shape index (κ3) is 1.16. The molecule has 1 N–H and O–H groups in total. The van der Waals surface area contributed by atoms with Crippen LogP contribution in [-0.2, 0) is 0 Å². The maximum atomic E-state index is 10.9. The van der Waals surface area contributed by atoms with Gasteiger partial charge in [-0.15, -0.1) is 0 Å². The molecule has 1 heterocycles. The molecule has 0 fully saturated rings. The van der Waals surface area contributed by atoms with Crippen LogP contribution in [-0.4, -0.2) is 4.98 Å². The Morgan fingerprint density at radius 1 is 1.70 bits per heavy atom. The predicted molar refractivity (Wildman–Crippen MR) is 41.9 cm³/mol. The summed E-state index contributed by atoms with van der Waals surface area (Å²) in [5, 5.41) is 0. The van der Waals surface area contributed by atoms with Crippen molar-refractivity contribution in [1.82, 2.24) is 4.98 Å².